The average Bonchev–Trinajstić information content (AvgIpc) is 4.17. The van der Waals surface area contributed by atoms with Gasteiger partial charge in [-0.15, -0.1) is 0 Å². The molecular weight excluding hydrogens is 985 g/mol. The van der Waals surface area contributed by atoms with Crippen molar-refractivity contribution in [2.24, 2.45) is 0 Å². The first kappa shape index (κ1) is 51.6. The minimum atomic E-state index is -0.0326. The molecule has 0 saturated heterocycles. The van der Waals surface area contributed by atoms with E-state index in [1.165, 1.54) is 55.5 Å². The smallest absolute Gasteiger partial charge is 0.269 e. The van der Waals surface area contributed by atoms with Crippen LogP contribution in [-0.4, -0.2) is 14.1 Å². The molecule has 0 spiro atoms. The molecular formula is C76H70N4O. The Labute approximate surface area is 477 Å². The van der Waals surface area contributed by atoms with E-state index < -0.39 is 0 Å². The van der Waals surface area contributed by atoms with Gasteiger partial charge in [0.15, 0.2) is 0 Å². The molecule has 0 radical (unpaired) electrons. The maximum atomic E-state index is 6.94. The molecule has 0 saturated carbocycles. The van der Waals surface area contributed by atoms with Crippen LogP contribution in [0.4, 0.5) is 0 Å². The molecule has 0 aliphatic carbocycles. The van der Waals surface area contributed by atoms with Gasteiger partial charge in [0.25, 0.3) is 6.33 Å². The van der Waals surface area contributed by atoms with Crippen LogP contribution in [0.25, 0.3) is 106 Å². The predicted octanol–water partition coefficient (Wildman–Crippen LogP) is 19.8. The van der Waals surface area contributed by atoms with E-state index in [0.717, 1.165) is 84.0 Å². The van der Waals surface area contributed by atoms with Crippen molar-refractivity contribution < 1.29 is 9.30 Å². The third-order valence-corrected chi connectivity index (χ3v) is 16.6. The fourth-order valence-electron chi connectivity index (χ4n) is 12.0. The molecule has 4 heterocycles. The van der Waals surface area contributed by atoms with Gasteiger partial charge >= 0.3 is 0 Å². The molecule has 3 aromatic heterocycles. The standard InChI is InChI=1S/C76H70N4O/c1-73(2,3)51-33-30-48(31-34-51)58-25-18-26-65-66-42-49(50-40-53(75(7,8)9)43-54(41-50)76(10,11)12)32-36-61(66)59-22-13-14-23-60(59)64-27-19-29-68-72(64)79(71(58)65)47-78(68)55-20-17-21-56(45-55)81-57-35-37-63-62-24-15-16-28-67(62)80(69(63)46-57)70-44-52(38-39-77-70)74(4,5)6/h13-46H,1-12H3. The van der Waals surface area contributed by atoms with Gasteiger partial charge in [0.1, 0.15) is 17.3 Å². The van der Waals surface area contributed by atoms with Crippen LogP contribution in [0.5, 0.6) is 11.5 Å². The predicted molar refractivity (Wildman–Crippen MR) is 338 cm³/mol. The van der Waals surface area contributed by atoms with Gasteiger partial charge < -0.3 is 4.74 Å². The molecule has 1 aliphatic rings. The van der Waals surface area contributed by atoms with Gasteiger partial charge in [-0.1, -0.05) is 223 Å². The lowest BCUT2D eigenvalue weighted by atomic mass is 9.78. The average molecular weight is 1060 g/mol. The Morgan fingerprint density at radius 2 is 0.963 bits per heavy atom. The Morgan fingerprint density at radius 3 is 1.69 bits per heavy atom. The van der Waals surface area contributed by atoms with Crippen LogP contribution in [0.1, 0.15) is 105 Å². The van der Waals surface area contributed by atoms with Crippen molar-refractivity contribution >= 4 is 32.8 Å². The zero-order valence-electron chi connectivity index (χ0n) is 48.8. The largest absolute Gasteiger partial charge is 0.458 e. The van der Waals surface area contributed by atoms with E-state index >= 15 is 0 Å². The second kappa shape index (κ2) is 18.9. The summed E-state index contributed by atoms with van der Waals surface area (Å²) in [4.78, 5) is 4.94. The number of para-hydroxylation sites is 3. The van der Waals surface area contributed by atoms with Crippen molar-refractivity contribution in [3.05, 3.63) is 235 Å². The maximum Gasteiger partial charge on any atom is 0.269 e. The van der Waals surface area contributed by atoms with Crippen molar-refractivity contribution in [3.8, 4) is 84.3 Å². The van der Waals surface area contributed by atoms with E-state index in [-0.39, 0.29) is 21.7 Å². The summed E-state index contributed by atoms with van der Waals surface area (Å²) in [7, 11) is 0. The summed E-state index contributed by atoms with van der Waals surface area (Å²) < 4.78 is 13.8. The molecule has 9 aromatic carbocycles. The highest BCUT2D eigenvalue weighted by molar-refractivity contribution is 6.09. The molecule has 5 nitrogen and oxygen atoms in total. The lowest BCUT2D eigenvalue weighted by molar-refractivity contribution is -0.570. The number of nitrogens with zero attached hydrogens (tertiary/aromatic N) is 4. The maximum absolute atomic E-state index is 6.94. The summed E-state index contributed by atoms with van der Waals surface area (Å²) in [5, 5.41) is 2.32. The first-order valence-corrected chi connectivity index (χ1v) is 28.6. The first-order chi connectivity index (χ1) is 38.7. The Morgan fingerprint density at radius 1 is 0.383 bits per heavy atom. The zero-order valence-corrected chi connectivity index (χ0v) is 48.8. The summed E-state index contributed by atoms with van der Waals surface area (Å²) in [5.41, 5.74) is 23.0. The lowest BCUT2D eigenvalue weighted by Gasteiger charge is -2.26. The minimum absolute atomic E-state index is 0.00614. The number of benzene rings is 9. The van der Waals surface area contributed by atoms with E-state index in [1.54, 1.807) is 0 Å². The second-order valence-corrected chi connectivity index (χ2v) is 26.4. The third-order valence-electron chi connectivity index (χ3n) is 16.6. The number of hydrogen-bond acceptors (Lipinski definition) is 2. The van der Waals surface area contributed by atoms with E-state index in [0.29, 0.717) is 0 Å². The number of fused-ring (bicyclic) bond motifs is 10. The fourth-order valence-corrected chi connectivity index (χ4v) is 12.0. The normalized spacial score (nSPS) is 12.7. The lowest BCUT2D eigenvalue weighted by Crippen LogP contribution is -2.32. The molecule has 12 aromatic rings. The van der Waals surface area contributed by atoms with E-state index in [1.807, 2.05) is 12.3 Å². The number of hydrogen-bond donors (Lipinski definition) is 0. The van der Waals surface area contributed by atoms with Crippen LogP contribution in [0.3, 0.4) is 0 Å². The van der Waals surface area contributed by atoms with Crippen LogP contribution in [0.2, 0.25) is 0 Å². The van der Waals surface area contributed by atoms with Crippen molar-refractivity contribution in [1.29, 1.82) is 0 Å². The van der Waals surface area contributed by atoms with E-state index in [4.69, 9.17) is 9.72 Å². The van der Waals surface area contributed by atoms with Gasteiger partial charge in [-0.05, 0) is 154 Å². The van der Waals surface area contributed by atoms with Crippen molar-refractivity contribution in [2.45, 2.75) is 105 Å². The van der Waals surface area contributed by atoms with Crippen molar-refractivity contribution in [1.82, 2.24) is 14.1 Å². The van der Waals surface area contributed by atoms with Crippen LogP contribution >= 0.6 is 0 Å². The molecule has 0 atom stereocenters. The monoisotopic (exact) mass is 1050 g/mol. The number of imidazole rings is 1. The Kier molecular flexibility index (Phi) is 12.1. The van der Waals surface area contributed by atoms with Gasteiger partial charge in [0.05, 0.1) is 33.4 Å². The van der Waals surface area contributed by atoms with Gasteiger partial charge in [-0.3, -0.25) is 13.7 Å². The zero-order chi connectivity index (χ0) is 56.3. The summed E-state index contributed by atoms with van der Waals surface area (Å²) in [6, 6.07) is 73.9. The molecule has 5 heteroatoms. The third kappa shape index (κ3) is 9.13. The van der Waals surface area contributed by atoms with Crippen molar-refractivity contribution in [3.63, 3.8) is 0 Å². The molecule has 400 valence electrons. The number of pyridine rings is 1. The van der Waals surface area contributed by atoms with Gasteiger partial charge in [0.2, 0.25) is 0 Å². The first-order valence-electron chi connectivity index (χ1n) is 28.6. The molecule has 13 rings (SSSR count). The van der Waals surface area contributed by atoms with Crippen LogP contribution < -0.4 is 9.30 Å². The molecule has 0 bridgehead atoms. The van der Waals surface area contributed by atoms with Gasteiger partial charge in [-0.25, -0.2) is 4.98 Å². The van der Waals surface area contributed by atoms with Crippen LogP contribution in [0, 0.1) is 6.33 Å². The minimum Gasteiger partial charge on any atom is -0.458 e. The van der Waals surface area contributed by atoms with E-state index in [2.05, 4.69) is 297 Å². The number of rotatable bonds is 6. The molecule has 0 N–H and O–H groups in total. The Balaban J connectivity index is 1.01. The highest BCUT2D eigenvalue weighted by atomic mass is 16.5. The van der Waals surface area contributed by atoms with Gasteiger partial charge in [0, 0.05) is 23.0 Å². The highest BCUT2D eigenvalue weighted by Gasteiger charge is 2.29. The summed E-state index contributed by atoms with van der Waals surface area (Å²) in [6.45, 7) is 27.5. The Bertz CT molecular complexity index is 4430. The molecule has 81 heavy (non-hydrogen) atoms. The second-order valence-electron chi connectivity index (χ2n) is 26.4. The summed E-state index contributed by atoms with van der Waals surface area (Å²) in [6.07, 6.45) is 5.97. The quantitative estimate of drug-likeness (QED) is 0.123. The summed E-state index contributed by atoms with van der Waals surface area (Å²) >= 11 is 0. The SMILES string of the molecule is CC(C)(C)c1ccc(-c2cccc3c2-[n+]2[c-]n(-c4cccc(Oc5ccc6c7ccccc7n(-c7cc(C(C)(C)C)ccn7)c6c5)c4)c4cccc(c42)-c2ccccc2-c2ccc(-c4cc(C(C)(C)C)cc(C(C)(C)C)c4)cc2-3)cc1. The van der Waals surface area contributed by atoms with Crippen LogP contribution in [0.15, 0.2) is 206 Å². The highest BCUT2D eigenvalue weighted by Crippen LogP contribution is 2.47. The Hall–Kier alpha value is -8.80. The van der Waals surface area contributed by atoms with Crippen molar-refractivity contribution in [2.75, 3.05) is 0 Å². The molecule has 0 fully saturated rings. The van der Waals surface area contributed by atoms with E-state index in [9.17, 15) is 0 Å². The van der Waals surface area contributed by atoms with Gasteiger partial charge in [-0.2, -0.15) is 0 Å². The summed E-state index contributed by atoms with van der Waals surface area (Å²) in [5.74, 6) is 2.34. The molecule has 0 amide bonds. The topological polar surface area (TPSA) is 35.9 Å². The fraction of sp³-hybridized carbons (Fsp3) is 0.211. The number of aromatic nitrogens is 4. The number of ether oxygens (including phenoxy) is 1. The molecule has 0 unspecified atom stereocenters. The van der Waals surface area contributed by atoms with Crippen LogP contribution in [-0.2, 0) is 21.7 Å². The molecule has 1 aliphatic heterocycles.